The number of aliphatic hydroxyl groups is 1. The second kappa shape index (κ2) is 8.63. The van der Waals surface area contributed by atoms with Gasteiger partial charge in [0.15, 0.2) is 5.96 Å². The minimum absolute atomic E-state index is 0.475. The van der Waals surface area contributed by atoms with Crippen molar-refractivity contribution >= 4 is 5.96 Å². The number of nitrogens with zero attached hydrogens (tertiary/aromatic N) is 1. The molecule has 0 radical (unpaired) electrons. The molecule has 0 bridgehead atoms. The zero-order valence-electron chi connectivity index (χ0n) is 13.3. The Morgan fingerprint density at radius 1 is 1.27 bits per heavy atom. The number of guanidine groups is 1. The van der Waals surface area contributed by atoms with Gasteiger partial charge in [-0.15, -0.1) is 0 Å². The van der Waals surface area contributed by atoms with E-state index in [1.807, 2.05) is 37.3 Å². The number of rotatable bonds is 8. The maximum absolute atomic E-state index is 10.1. The number of hydrogen-bond donors (Lipinski definition) is 3. The molecular weight excluding hydrogens is 278 g/mol. The van der Waals surface area contributed by atoms with Crippen LogP contribution in [0.4, 0.5) is 0 Å². The predicted molar refractivity (Wildman–Crippen MR) is 89.3 cm³/mol. The Balaban J connectivity index is 1.64. The molecule has 2 rings (SSSR count). The average Bonchev–Trinajstić information content (AvgIpc) is 2.51. The highest BCUT2D eigenvalue weighted by Gasteiger charge is 2.34. The number of ether oxygens (including phenoxy) is 1. The molecule has 1 aliphatic rings. The first kappa shape index (κ1) is 16.6. The molecule has 0 saturated heterocycles. The summed E-state index contributed by atoms with van der Waals surface area (Å²) in [4.78, 5) is 4.47. The largest absolute Gasteiger partial charge is 0.494 e. The summed E-state index contributed by atoms with van der Waals surface area (Å²) in [5.41, 5.74) is -0.571. The third-order valence-electron chi connectivity index (χ3n) is 3.79. The fraction of sp³-hybridized carbons (Fsp3) is 0.588. The van der Waals surface area contributed by atoms with Crippen molar-refractivity contribution in [3.63, 3.8) is 0 Å². The molecule has 1 aromatic rings. The van der Waals surface area contributed by atoms with Gasteiger partial charge in [0, 0.05) is 13.1 Å². The minimum Gasteiger partial charge on any atom is -0.494 e. The Bertz CT molecular complexity index is 458. The van der Waals surface area contributed by atoms with Crippen molar-refractivity contribution in [2.75, 3.05) is 26.2 Å². The van der Waals surface area contributed by atoms with E-state index >= 15 is 0 Å². The number of benzene rings is 1. The Kier molecular flexibility index (Phi) is 6.52. The summed E-state index contributed by atoms with van der Waals surface area (Å²) in [7, 11) is 0. The molecule has 0 aromatic heterocycles. The lowest BCUT2D eigenvalue weighted by molar-refractivity contribution is -0.0236. The minimum atomic E-state index is -0.571. The van der Waals surface area contributed by atoms with Gasteiger partial charge in [0.2, 0.25) is 0 Å². The van der Waals surface area contributed by atoms with Crippen LogP contribution in [0.1, 0.15) is 32.6 Å². The fourth-order valence-corrected chi connectivity index (χ4v) is 2.30. The van der Waals surface area contributed by atoms with E-state index in [9.17, 15) is 5.11 Å². The van der Waals surface area contributed by atoms with E-state index in [-0.39, 0.29) is 0 Å². The lowest BCUT2D eigenvalue weighted by Crippen LogP contribution is -2.43. The number of para-hydroxylation sites is 1. The number of nitrogens with one attached hydrogen (secondary N) is 2. The van der Waals surface area contributed by atoms with E-state index in [0.717, 1.165) is 50.5 Å². The van der Waals surface area contributed by atoms with Crippen LogP contribution < -0.4 is 15.4 Å². The van der Waals surface area contributed by atoms with Crippen molar-refractivity contribution in [3.8, 4) is 5.75 Å². The molecule has 0 unspecified atom stereocenters. The highest BCUT2D eigenvalue weighted by Crippen LogP contribution is 2.31. The third kappa shape index (κ3) is 5.56. The normalized spacial score (nSPS) is 16.7. The van der Waals surface area contributed by atoms with Crippen LogP contribution in [0.25, 0.3) is 0 Å². The van der Waals surface area contributed by atoms with Crippen molar-refractivity contribution in [2.24, 2.45) is 4.99 Å². The summed E-state index contributed by atoms with van der Waals surface area (Å²) in [5, 5.41) is 16.6. The maximum Gasteiger partial charge on any atom is 0.191 e. The Hall–Kier alpha value is -1.75. The molecule has 1 fully saturated rings. The molecule has 1 aliphatic carbocycles. The van der Waals surface area contributed by atoms with Crippen LogP contribution in [0.2, 0.25) is 0 Å². The SMILES string of the molecule is CCNC(=NCC1(O)CCC1)NCCCOc1ccccc1. The van der Waals surface area contributed by atoms with E-state index in [1.54, 1.807) is 0 Å². The fourth-order valence-electron chi connectivity index (χ4n) is 2.30. The molecule has 122 valence electrons. The summed E-state index contributed by atoms with van der Waals surface area (Å²) in [6.45, 7) is 4.78. The van der Waals surface area contributed by atoms with Gasteiger partial charge < -0.3 is 20.5 Å². The molecule has 22 heavy (non-hydrogen) atoms. The van der Waals surface area contributed by atoms with E-state index in [0.29, 0.717) is 13.2 Å². The lowest BCUT2D eigenvalue weighted by Gasteiger charge is -2.35. The molecule has 0 spiro atoms. The van der Waals surface area contributed by atoms with Crippen molar-refractivity contribution in [1.82, 2.24) is 10.6 Å². The Morgan fingerprint density at radius 3 is 2.68 bits per heavy atom. The van der Waals surface area contributed by atoms with Gasteiger partial charge in [0.1, 0.15) is 5.75 Å². The van der Waals surface area contributed by atoms with Crippen LogP contribution in [-0.2, 0) is 0 Å². The maximum atomic E-state index is 10.1. The molecule has 5 heteroatoms. The summed E-state index contributed by atoms with van der Waals surface area (Å²) < 4.78 is 5.65. The van der Waals surface area contributed by atoms with Gasteiger partial charge in [-0.3, -0.25) is 4.99 Å². The third-order valence-corrected chi connectivity index (χ3v) is 3.79. The van der Waals surface area contributed by atoms with Crippen molar-refractivity contribution in [2.45, 2.75) is 38.2 Å². The Labute approximate surface area is 132 Å². The van der Waals surface area contributed by atoms with Crippen LogP contribution in [-0.4, -0.2) is 42.9 Å². The van der Waals surface area contributed by atoms with Crippen LogP contribution in [0.3, 0.4) is 0 Å². The zero-order chi connectivity index (χ0) is 15.7. The predicted octanol–water partition coefficient (Wildman–Crippen LogP) is 1.93. The molecule has 0 amide bonds. The van der Waals surface area contributed by atoms with Gasteiger partial charge in [-0.1, -0.05) is 18.2 Å². The first-order valence-corrected chi connectivity index (χ1v) is 8.14. The van der Waals surface area contributed by atoms with E-state index in [1.165, 1.54) is 0 Å². The van der Waals surface area contributed by atoms with Gasteiger partial charge in [-0.25, -0.2) is 0 Å². The van der Waals surface area contributed by atoms with Gasteiger partial charge in [0.05, 0.1) is 18.8 Å². The lowest BCUT2D eigenvalue weighted by atomic mass is 9.80. The molecule has 0 atom stereocenters. The molecule has 5 nitrogen and oxygen atoms in total. The summed E-state index contributed by atoms with van der Waals surface area (Å²) in [5.74, 6) is 1.66. The van der Waals surface area contributed by atoms with Crippen LogP contribution in [0.5, 0.6) is 5.75 Å². The highest BCUT2D eigenvalue weighted by atomic mass is 16.5. The van der Waals surface area contributed by atoms with E-state index < -0.39 is 5.60 Å². The summed E-state index contributed by atoms with van der Waals surface area (Å²) in [6.07, 6.45) is 3.72. The first-order valence-electron chi connectivity index (χ1n) is 8.14. The average molecular weight is 305 g/mol. The number of hydrogen-bond acceptors (Lipinski definition) is 3. The Morgan fingerprint density at radius 2 is 2.05 bits per heavy atom. The second-order valence-corrected chi connectivity index (χ2v) is 5.71. The van der Waals surface area contributed by atoms with Gasteiger partial charge in [0.25, 0.3) is 0 Å². The summed E-state index contributed by atoms with van der Waals surface area (Å²) in [6, 6.07) is 9.82. The molecule has 1 saturated carbocycles. The summed E-state index contributed by atoms with van der Waals surface area (Å²) >= 11 is 0. The van der Waals surface area contributed by atoms with Crippen LogP contribution in [0.15, 0.2) is 35.3 Å². The molecule has 0 aliphatic heterocycles. The quantitative estimate of drug-likeness (QED) is 0.390. The van der Waals surface area contributed by atoms with Crippen LogP contribution >= 0.6 is 0 Å². The van der Waals surface area contributed by atoms with Crippen LogP contribution in [0, 0.1) is 0 Å². The second-order valence-electron chi connectivity index (χ2n) is 5.71. The first-order chi connectivity index (χ1) is 10.7. The monoisotopic (exact) mass is 305 g/mol. The molecular formula is C17H27N3O2. The van der Waals surface area contributed by atoms with E-state index in [2.05, 4.69) is 15.6 Å². The van der Waals surface area contributed by atoms with Gasteiger partial charge in [-0.2, -0.15) is 0 Å². The van der Waals surface area contributed by atoms with E-state index in [4.69, 9.17) is 4.74 Å². The van der Waals surface area contributed by atoms with Crippen molar-refractivity contribution in [3.05, 3.63) is 30.3 Å². The molecule has 0 heterocycles. The van der Waals surface area contributed by atoms with Crippen molar-refractivity contribution < 1.29 is 9.84 Å². The topological polar surface area (TPSA) is 65.9 Å². The van der Waals surface area contributed by atoms with Crippen molar-refractivity contribution in [1.29, 1.82) is 0 Å². The number of aliphatic imine (C=N–C) groups is 1. The van der Waals surface area contributed by atoms with Gasteiger partial charge in [-0.05, 0) is 44.7 Å². The van der Waals surface area contributed by atoms with Gasteiger partial charge >= 0.3 is 0 Å². The molecule has 1 aromatic carbocycles. The highest BCUT2D eigenvalue weighted by molar-refractivity contribution is 5.79. The smallest absolute Gasteiger partial charge is 0.191 e. The zero-order valence-corrected chi connectivity index (χ0v) is 13.3. The standard InChI is InChI=1S/C17H27N3O2/c1-2-18-16(20-14-17(21)10-6-11-17)19-12-7-13-22-15-8-4-3-5-9-15/h3-5,8-9,21H,2,6-7,10-14H2,1H3,(H2,18,19,20). The molecule has 3 N–H and O–H groups in total.